The Hall–Kier alpha value is -1.22. The van der Waals surface area contributed by atoms with E-state index in [2.05, 4.69) is 0 Å². The summed E-state index contributed by atoms with van der Waals surface area (Å²) in [6.45, 7) is 3.05. The van der Waals surface area contributed by atoms with Gasteiger partial charge in [0.2, 0.25) is 0 Å². The van der Waals surface area contributed by atoms with E-state index in [1.165, 1.54) is 12.1 Å². The zero-order valence-corrected chi connectivity index (χ0v) is 9.33. The Labute approximate surface area is 94.4 Å². The first-order chi connectivity index (χ1) is 7.66. The molecule has 2 rings (SSSR count). The highest BCUT2D eigenvalue weighted by Gasteiger charge is 2.23. The number of benzene rings is 1. The zero-order valence-electron chi connectivity index (χ0n) is 9.33. The molecule has 1 fully saturated rings. The molecular formula is C13H15FO2. The Kier molecular flexibility index (Phi) is 3.34. The number of hydrogen-bond acceptors (Lipinski definition) is 2. The second-order valence-corrected chi connectivity index (χ2v) is 4.27. The van der Waals surface area contributed by atoms with Crippen molar-refractivity contribution in [1.82, 2.24) is 0 Å². The first-order valence-corrected chi connectivity index (χ1v) is 5.52. The summed E-state index contributed by atoms with van der Waals surface area (Å²) in [5.74, 6) is -0.0189. The third kappa shape index (κ3) is 2.47. The van der Waals surface area contributed by atoms with E-state index in [4.69, 9.17) is 4.74 Å². The molecule has 1 atom stereocenters. The molecule has 1 unspecified atom stereocenters. The van der Waals surface area contributed by atoms with E-state index in [0.29, 0.717) is 19.6 Å². The fourth-order valence-corrected chi connectivity index (χ4v) is 1.98. The number of carbonyl (C=O) groups is 1. The summed E-state index contributed by atoms with van der Waals surface area (Å²) in [4.78, 5) is 11.9. The molecule has 1 heterocycles. The van der Waals surface area contributed by atoms with Crippen LogP contribution in [0.4, 0.5) is 4.39 Å². The predicted molar refractivity (Wildman–Crippen MR) is 58.8 cm³/mol. The number of halogens is 1. The highest BCUT2D eigenvalue weighted by atomic mass is 19.1. The van der Waals surface area contributed by atoms with Gasteiger partial charge in [-0.1, -0.05) is 6.07 Å². The van der Waals surface area contributed by atoms with Crippen LogP contribution in [0, 0.1) is 18.7 Å². The molecule has 1 aromatic carbocycles. The van der Waals surface area contributed by atoms with E-state index >= 15 is 0 Å². The minimum Gasteiger partial charge on any atom is -0.381 e. The van der Waals surface area contributed by atoms with Crippen LogP contribution in [0.15, 0.2) is 18.2 Å². The van der Waals surface area contributed by atoms with E-state index in [9.17, 15) is 9.18 Å². The molecule has 0 radical (unpaired) electrons. The van der Waals surface area contributed by atoms with Crippen LogP contribution in [0.3, 0.4) is 0 Å². The predicted octanol–water partition coefficient (Wildman–Crippen LogP) is 2.28. The summed E-state index contributed by atoms with van der Waals surface area (Å²) in [6.07, 6.45) is 1.21. The highest BCUT2D eigenvalue weighted by molar-refractivity contribution is 5.83. The molecule has 3 heteroatoms. The van der Waals surface area contributed by atoms with Crippen molar-refractivity contribution in [3.05, 3.63) is 35.1 Å². The molecule has 0 spiro atoms. The van der Waals surface area contributed by atoms with Crippen LogP contribution in [0.1, 0.15) is 17.5 Å². The summed E-state index contributed by atoms with van der Waals surface area (Å²) in [5.41, 5.74) is 1.76. The van der Waals surface area contributed by atoms with Crippen LogP contribution < -0.4 is 0 Å². The summed E-state index contributed by atoms with van der Waals surface area (Å²) < 4.78 is 18.1. The van der Waals surface area contributed by atoms with E-state index < -0.39 is 0 Å². The van der Waals surface area contributed by atoms with Crippen LogP contribution in [0.25, 0.3) is 0 Å². The van der Waals surface area contributed by atoms with Crippen LogP contribution in [-0.2, 0) is 16.0 Å². The quantitative estimate of drug-likeness (QED) is 0.784. The van der Waals surface area contributed by atoms with Gasteiger partial charge >= 0.3 is 0 Å². The SMILES string of the molecule is Cc1cc(F)ccc1CC(=O)C1CCOC1. The number of Topliss-reactive ketones (excluding diaryl/α,β-unsaturated/α-hetero) is 1. The van der Waals surface area contributed by atoms with Gasteiger partial charge in [0.25, 0.3) is 0 Å². The molecule has 16 heavy (non-hydrogen) atoms. The Morgan fingerprint density at radius 2 is 2.38 bits per heavy atom. The van der Waals surface area contributed by atoms with Crippen molar-refractivity contribution < 1.29 is 13.9 Å². The minimum atomic E-state index is -0.252. The Morgan fingerprint density at radius 1 is 1.56 bits per heavy atom. The lowest BCUT2D eigenvalue weighted by molar-refractivity contribution is -0.122. The summed E-state index contributed by atoms with van der Waals surface area (Å²) in [7, 11) is 0. The van der Waals surface area contributed by atoms with Gasteiger partial charge in [0.1, 0.15) is 11.6 Å². The van der Waals surface area contributed by atoms with Crippen LogP contribution in [0.5, 0.6) is 0 Å². The molecule has 0 saturated carbocycles. The Balaban J connectivity index is 2.05. The van der Waals surface area contributed by atoms with Crippen molar-refractivity contribution in [2.24, 2.45) is 5.92 Å². The lowest BCUT2D eigenvalue weighted by Crippen LogP contribution is -2.17. The standard InChI is InChI=1S/C13H15FO2/c1-9-6-12(14)3-2-10(9)7-13(15)11-4-5-16-8-11/h2-3,6,11H,4-5,7-8H2,1H3. The van der Waals surface area contributed by atoms with Gasteiger partial charge in [-0.25, -0.2) is 4.39 Å². The van der Waals surface area contributed by atoms with E-state index in [1.807, 2.05) is 6.92 Å². The fourth-order valence-electron chi connectivity index (χ4n) is 1.98. The van der Waals surface area contributed by atoms with Gasteiger partial charge in [0.05, 0.1) is 6.61 Å². The third-order valence-electron chi connectivity index (χ3n) is 3.05. The van der Waals surface area contributed by atoms with Crippen molar-refractivity contribution in [3.63, 3.8) is 0 Å². The van der Waals surface area contributed by atoms with Gasteiger partial charge in [0.15, 0.2) is 0 Å². The minimum absolute atomic E-state index is 0.0319. The Bertz CT molecular complexity index is 395. The number of rotatable bonds is 3. The first kappa shape index (κ1) is 11.3. The van der Waals surface area contributed by atoms with Gasteiger partial charge in [-0.05, 0) is 36.6 Å². The van der Waals surface area contributed by atoms with E-state index in [-0.39, 0.29) is 17.5 Å². The molecule has 0 amide bonds. The van der Waals surface area contributed by atoms with Gasteiger partial charge < -0.3 is 4.74 Å². The number of aryl methyl sites for hydroxylation is 1. The van der Waals surface area contributed by atoms with Crippen molar-refractivity contribution >= 4 is 5.78 Å². The second kappa shape index (κ2) is 4.74. The normalized spacial score (nSPS) is 20.0. The average Bonchev–Trinajstić information content (AvgIpc) is 2.75. The highest BCUT2D eigenvalue weighted by Crippen LogP contribution is 2.18. The van der Waals surface area contributed by atoms with Crippen LogP contribution in [-0.4, -0.2) is 19.0 Å². The molecule has 0 bridgehead atoms. The van der Waals surface area contributed by atoms with Crippen LogP contribution in [0.2, 0.25) is 0 Å². The largest absolute Gasteiger partial charge is 0.381 e. The van der Waals surface area contributed by atoms with Gasteiger partial charge in [-0.15, -0.1) is 0 Å². The number of carbonyl (C=O) groups excluding carboxylic acids is 1. The number of hydrogen-bond donors (Lipinski definition) is 0. The Morgan fingerprint density at radius 3 is 3.00 bits per heavy atom. The maximum atomic E-state index is 12.9. The molecule has 1 aromatic rings. The molecule has 0 aromatic heterocycles. The average molecular weight is 222 g/mol. The third-order valence-corrected chi connectivity index (χ3v) is 3.05. The molecule has 1 saturated heterocycles. The van der Waals surface area contributed by atoms with Crippen molar-refractivity contribution in [1.29, 1.82) is 0 Å². The van der Waals surface area contributed by atoms with Crippen LogP contribution >= 0.6 is 0 Å². The van der Waals surface area contributed by atoms with E-state index in [0.717, 1.165) is 17.5 Å². The number of ether oxygens (including phenoxy) is 1. The topological polar surface area (TPSA) is 26.3 Å². The molecule has 1 aliphatic heterocycles. The second-order valence-electron chi connectivity index (χ2n) is 4.27. The smallest absolute Gasteiger partial charge is 0.142 e. The fraction of sp³-hybridized carbons (Fsp3) is 0.462. The maximum Gasteiger partial charge on any atom is 0.142 e. The van der Waals surface area contributed by atoms with Gasteiger partial charge in [-0.3, -0.25) is 4.79 Å². The van der Waals surface area contributed by atoms with Gasteiger partial charge in [0, 0.05) is 18.9 Å². The molecule has 2 nitrogen and oxygen atoms in total. The van der Waals surface area contributed by atoms with Crippen molar-refractivity contribution in [2.45, 2.75) is 19.8 Å². The van der Waals surface area contributed by atoms with Crippen molar-refractivity contribution in [3.8, 4) is 0 Å². The monoisotopic (exact) mass is 222 g/mol. The first-order valence-electron chi connectivity index (χ1n) is 5.52. The number of ketones is 1. The van der Waals surface area contributed by atoms with Crippen molar-refractivity contribution in [2.75, 3.05) is 13.2 Å². The van der Waals surface area contributed by atoms with Gasteiger partial charge in [-0.2, -0.15) is 0 Å². The summed E-state index contributed by atoms with van der Waals surface area (Å²) in [5, 5.41) is 0. The molecule has 0 N–H and O–H groups in total. The summed E-state index contributed by atoms with van der Waals surface area (Å²) >= 11 is 0. The lowest BCUT2D eigenvalue weighted by Gasteiger charge is -2.08. The summed E-state index contributed by atoms with van der Waals surface area (Å²) in [6, 6.07) is 4.56. The lowest BCUT2D eigenvalue weighted by atomic mass is 9.95. The zero-order chi connectivity index (χ0) is 11.5. The van der Waals surface area contributed by atoms with E-state index in [1.54, 1.807) is 6.07 Å². The molecule has 0 aliphatic carbocycles. The maximum absolute atomic E-state index is 12.9. The molecule has 1 aliphatic rings. The molecule has 86 valence electrons. The molecular weight excluding hydrogens is 207 g/mol.